The Kier molecular flexibility index (Phi) is 6.17. The Morgan fingerprint density at radius 3 is 2.30 bits per heavy atom. The van der Waals surface area contributed by atoms with E-state index < -0.39 is 5.69 Å². The van der Waals surface area contributed by atoms with Crippen LogP contribution in [0.4, 0.5) is 5.69 Å². The molecule has 0 saturated carbocycles. The summed E-state index contributed by atoms with van der Waals surface area (Å²) in [5.74, 6) is 0.201. The number of anilines is 1. The number of nitrogens with one attached hydrogen (secondary N) is 1. The van der Waals surface area contributed by atoms with E-state index in [2.05, 4.69) is 20.0 Å². The maximum Gasteiger partial charge on any atom is 0.348 e. The third-order valence-corrected chi connectivity index (χ3v) is 5.11. The molecule has 0 aliphatic rings. The molecule has 0 bridgehead atoms. The first-order valence-electron chi connectivity index (χ1n) is 9.89. The van der Waals surface area contributed by atoms with Crippen LogP contribution in [0.5, 0.6) is 11.5 Å². The van der Waals surface area contributed by atoms with Crippen LogP contribution in [0.3, 0.4) is 0 Å². The first-order chi connectivity index (χ1) is 14.2. The summed E-state index contributed by atoms with van der Waals surface area (Å²) in [6, 6.07) is 10.6. The lowest BCUT2D eigenvalue weighted by atomic mass is 9.98. The summed E-state index contributed by atoms with van der Waals surface area (Å²) in [7, 11) is 6.09. The number of aromatic nitrogens is 3. The van der Waals surface area contributed by atoms with Gasteiger partial charge in [0.2, 0.25) is 0 Å². The fourth-order valence-corrected chi connectivity index (χ4v) is 3.29. The van der Waals surface area contributed by atoms with Gasteiger partial charge in [0.05, 0.1) is 11.3 Å². The largest absolute Gasteiger partial charge is 0.508 e. The number of rotatable bonds is 7. The van der Waals surface area contributed by atoms with Gasteiger partial charge in [-0.1, -0.05) is 13.8 Å². The monoisotopic (exact) mass is 411 g/mol. The number of phenolic OH excluding ortho intramolecular Hbond substituents is 2. The molecule has 0 unspecified atom stereocenters. The summed E-state index contributed by atoms with van der Waals surface area (Å²) in [6.07, 6.45) is 0. The summed E-state index contributed by atoms with van der Waals surface area (Å²) in [5.41, 5.74) is 2.31. The minimum Gasteiger partial charge on any atom is -0.508 e. The molecular weight excluding hydrogens is 382 g/mol. The molecule has 30 heavy (non-hydrogen) atoms. The zero-order valence-electron chi connectivity index (χ0n) is 18.0. The fraction of sp³-hybridized carbons (Fsp3) is 0.364. The SMILES string of the molecule is CC(C)c1cc(-c2n[nH]c(=O)n2-c2ccc(N(C)CCN(C)C)cc2)c(O)cc1O. The van der Waals surface area contributed by atoms with E-state index in [0.717, 1.165) is 18.8 Å². The predicted molar refractivity (Wildman–Crippen MR) is 119 cm³/mol. The van der Waals surface area contributed by atoms with Crippen molar-refractivity contribution in [1.29, 1.82) is 0 Å². The van der Waals surface area contributed by atoms with Crippen molar-refractivity contribution < 1.29 is 10.2 Å². The molecule has 8 heteroatoms. The van der Waals surface area contributed by atoms with E-state index in [1.807, 2.05) is 59.3 Å². The van der Waals surface area contributed by atoms with Crippen molar-refractivity contribution in [3.8, 4) is 28.6 Å². The molecule has 8 nitrogen and oxygen atoms in total. The second-order valence-corrected chi connectivity index (χ2v) is 8.01. The quantitative estimate of drug-likeness (QED) is 0.553. The van der Waals surface area contributed by atoms with E-state index >= 15 is 0 Å². The summed E-state index contributed by atoms with van der Waals surface area (Å²) < 4.78 is 1.42. The van der Waals surface area contributed by atoms with Gasteiger partial charge in [0, 0.05) is 31.9 Å². The second-order valence-electron chi connectivity index (χ2n) is 8.01. The highest BCUT2D eigenvalue weighted by Gasteiger charge is 2.19. The van der Waals surface area contributed by atoms with Crippen LogP contribution in [-0.2, 0) is 0 Å². The third-order valence-electron chi connectivity index (χ3n) is 5.11. The molecule has 0 atom stereocenters. The zero-order valence-corrected chi connectivity index (χ0v) is 18.0. The highest BCUT2D eigenvalue weighted by Crippen LogP contribution is 2.37. The summed E-state index contributed by atoms with van der Waals surface area (Å²) in [6.45, 7) is 5.70. The van der Waals surface area contributed by atoms with E-state index in [0.29, 0.717) is 16.8 Å². The van der Waals surface area contributed by atoms with E-state index in [4.69, 9.17) is 0 Å². The highest BCUT2D eigenvalue weighted by atomic mass is 16.3. The van der Waals surface area contributed by atoms with Crippen LogP contribution < -0.4 is 10.6 Å². The van der Waals surface area contributed by atoms with Gasteiger partial charge >= 0.3 is 5.69 Å². The molecule has 1 aromatic heterocycles. The van der Waals surface area contributed by atoms with E-state index in [1.54, 1.807) is 6.07 Å². The smallest absolute Gasteiger partial charge is 0.348 e. The van der Waals surface area contributed by atoms with Crippen molar-refractivity contribution in [2.75, 3.05) is 39.1 Å². The van der Waals surface area contributed by atoms with Crippen molar-refractivity contribution in [1.82, 2.24) is 19.7 Å². The van der Waals surface area contributed by atoms with Gasteiger partial charge in [-0.15, -0.1) is 0 Å². The molecule has 0 saturated heterocycles. The molecule has 0 spiro atoms. The first kappa shape index (κ1) is 21.4. The minimum absolute atomic E-state index is 0.0146. The molecule has 3 rings (SSSR count). The van der Waals surface area contributed by atoms with E-state index in [1.165, 1.54) is 10.6 Å². The van der Waals surface area contributed by atoms with Gasteiger partial charge in [-0.3, -0.25) is 0 Å². The predicted octanol–water partition coefficient (Wildman–Crippen LogP) is 2.76. The zero-order chi connectivity index (χ0) is 22.0. The fourth-order valence-electron chi connectivity index (χ4n) is 3.29. The van der Waals surface area contributed by atoms with Crippen LogP contribution in [0.15, 0.2) is 41.2 Å². The standard InChI is InChI=1S/C22H29N5O3/c1-14(2)17-12-18(20(29)13-19(17)28)21-23-24-22(30)27(21)16-8-6-15(7-9-16)26(5)11-10-25(3)4/h6-9,12-14,28-29H,10-11H2,1-5H3,(H,24,30). The van der Waals surface area contributed by atoms with Crippen molar-refractivity contribution in [2.24, 2.45) is 0 Å². The van der Waals surface area contributed by atoms with Crippen molar-refractivity contribution >= 4 is 5.69 Å². The molecule has 0 radical (unpaired) electrons. The lowest BCUT2D eigenvalue weighted by molar-refractivity contribution is 0.416. The van der Waals surface area contributed by atoms with Crippen LogP contribution in [0.25, 0.3) is 17.1 Å². The van der Waals surface area contributed by atoms with Gasteiger partial charge in [-0.25, -0.2) is 14.5 Å². The molecule has 0 aliphatic heterocycles. The molecule has 3 aromatic rings. The number of nitrogens with zero attached hydrogens (tertiary/aromatic N) is 4. The molecule has 0 fully saturated rings. The molecule has 2 aromatic carbocycles. The Balaban J connectivity index is 2.00. The maximum atomic E-state index is 12.5. The topological polar surface area (TPSA) is 97.6 Å². The number of hydrogen-bond acceptors (Lipinski definition) is 6. The highest BCUT2D eigenvalue weighted by molar-refractivity contribution is 5.69. The Morgan fingerprint density at radius 1 is 1.03 bits per heavy atom. The summed E-state index contributed by atoms with van der Waals surface area (Å²) in [4.78, 5) is 16.8. The second kappa shape index (κ2) is 8.62. The summed E-state index contributed by atoms with van der Waals surface area (Å²) >= 11 is 0. The molecule has 0 aliphatic carbocycles. The molecule has 1 heterocycles. The van der Waals surface area contributed by atoms with Gasteiger partial charge in [-0.05, 0) is 55.9 Å². The molecular formula is C22H29N5O3. The van der Waals surface area contributed by atoms with Crippen LogP contribution in [0, 0.1) is 0 Å². The summed E-state index contributed by atoms with van der Waals surface area (Å²) in [5, 5.41) is 27.1. The van der Waals surface area contributed by atoms with Gasteiger partial charge in [0.1, 0.15) is 11.5 Å². The van der Waals surface area contributed by atoms with Gasteiger partial charge in [0.25, 0.3) is 0 Å². The van der Waals surface area contributed by atoms with Gasteiger partial charge < -0.3 is 20.0 Å². The van der Waals surface area contributed by atoms with E-state index in [9.17, 15) is 15.0 Å². The Morgan fingerprint density at radius 2 is 1.70 bits per heavy atom. The lowest BCUT2D eigenvalue weighted by Gasteiger charge is -2.21. The number of benzene rings is 2. The Bertz CT molecular complexity index is 1070. The average Bonchev–Trinajstić information content (AvgIpc) is 3.07. The van der Waals surface area contributed by atoms with E-state index in [-0.39, 0.29) is 23.2 Å². The number of phenols is 2. The first-order valence-corrected chi connectivity index (χ1v) is 9.89. The average molecular weight is 412 g/mol. The van der Waals surface area contributed by atoms with Crippen molar-refractivity contribution in [3.63, 3.8) is 0 Å². The van der Waals surface area contributed by atoms with Crippen LogP contribution in [-0.4, -0.2) is 64.1 Å². The lowest BCUT2D eigenvalue weighted by Crippen LogP contribution is -2.28. The number of aromatic amines is 1. The minimum atomic E-state index is -0.405. The van der Waals surface area contributed by atoms with Crippen LogP contribution in [0.1, 0.15) is 25.3 Å². The normalized spacial score (nSPS) is 11.4. The van der Waals surface area contributed by atoms with Crippen LogP contribution >= 0.6 is 0 Å². The van der Waals surface area contributed by atoms with Crippen molar-refractivity contribution in [2.45, 2.75) is 19.8 Å². The number of likely N-dealkylation sites (N-methyl/N-ethyl adjacent to an activating group) is 2. The Labute approximate surface area is 176 Å². The maximum absolute atomic E-state index is 12.5. The van der Waals surface area contributed by atoms with Crippen molar-refractivity contribution in [3.05, 3.63) is 52.4 Å². The van der Waals surface area contributed by atoms with Crippen LogP contribution in [0.2, 0.25) is 0 Å². The van der Waals surface area contributed by atoms with Gasteiger partial charge in [-0.2, -0.15) is 5.10 Å². The third kappa shape index (κ3) is 4.33. The number of H-pyrrole nitrogens is 1. The number of aromatic hydroxyl groups is 2. The molecule has 160 valence electrons. The van der Waals surface area contributed by atoms with Gasteiger partial charge in [0.15, 0.2) is 5.82 Å². The molecule has 3 N–H and O–H groups in total. The number of hydrogen-bond donors (Lipinski definition) is 3. The Hall–Kier alpha value is -3.26. The molecule has 0 amide bonds.